The Bertz CT molecular complexity index is 1200. The smallest absolute Gasteiger partial charge is 0.261 e. The quantitative estimate of drug-likeness (QED) is 0.623. The molecule has 1 N–H and O–H groups in total. The Morgan fingerprint density at radius 2 is 1.74 bits per heavy atom. The van der Waals surface area contributed by atoms with E-state index < -0.39 is 15.8 Å². The molecule has 0 atom stereocenters. The second-order valence-electron chi connectivity index (χ2n) is 8.98. The summed E-state index contributed by atoms with van der Waals surface area (Å²) in [6.07, 6.45) is 3.93. The number of sulfonamides is 1. The highest BCUT2D eigenvalue weighted by Gasteiger charge is 2.21. The first kappa shape index (κ1) is 21.5. The van der Waals surface area contributed by atoms with Crippen molar-refractivity contribution >= 4 is 15.7 Å². The molecule has 3 aromatic rings. The number of hydrogen-bond donors (Lipinski definition) is 1. The second kappa shape index (κ2) is 8.07. The molecule has 31 heavy (non-hydrogen) atoms. The van der Waals surface area contributed by atoms with E-state index in [1.54, 1.807) is 12.1 Å². The van der Waals surface area contributed by atoms with Gasteiger partial charge in [0.25, 0.3) is 10.0 Å². The van der Waals surface area contributed by atoms with Gasteiger partial charge in [-0.15, -0.1) is 10.2 Å². The van der Waals surface area contributed by atoms with Gasteiger partial charge in [0.2, 0.25) is 0 Å². The fourth-order valence-electron chi connectivity index (χ4n) is 3.79. The lowest BCUT2D eigenvalue weighted by Crippen LogP contribution is -2.15. The van der Waals surface area contributed by atoms with E-state index in [0.717, 1.165) is 43.6 Å². The highest BCUT2D eigenvalue weighted by Crippen LogP contribution is 2.29. The van der Waals surface area contributed by atoms with Gasteiger partial charge in [0.05, 0.1) is 10.5 Å². The van der Waals surface area contributed by atoms with Crippen molar-refractivity contribution < 1.29 is 12.8 Å². The van der Waals surface area contributed by atoms with Gasteiger partial charge >= 0.3 is 0 Å². The van der Waals surface area contributed by atoms with Crippen molar-refractivity contribution in [1.29, 1.82) is 0 Å². The molecule has 0 bridgehead atoms. The minimum Gasteiger partial charge on any atom is -0.311 e. The number of nitrogens with zero attached hydrogens (tertiary/aromatic N) is 3. The lowest BCUT2D eigenvalue weighted by atomic mass is 9.87. The van der Waals surface area contributed by atoms with Crippen LogP contribution in [0.2, 0.25) is 0 Å². The molecular formula is C23H27FN4O2S. The summed E-state index contributed by atoms with van der Waals surface area (Å²) in [6, 6.07) is 11.0. The molecule has 0 amide bonds. The third-order valence-corrected chi connectivity index (χ3v) is 7.00. The van der Waals surface area contributed by atoms with Crippen molar-refractivity contribution in [3.05, 3.63) is 59.7 Å². The van der Waals surface area contributed by atoms with Gasteiger partial charge in [-0.25, -0.2) is 12.8 Å². The van der Waals surface area contributed by atoms with E-state index in [-0.39, 0.29) is 21.6 Å². The van der Waals surface area contributed by atoms with Crippen LogP contribution in [0.25, 0.3) is 11.4 Å². The van der Waals surface area contributed by atoms with E-state index in [1.165, 1.54) is 18.2 Å². The molecule has 1 aliphatic rings. The SMILES string of the molecule is CC(C)(C)c1ccc(S(=O)(=O)Nc2ccc(F)c(-c3nnc4n3CCCCC4)c2)cc1. The third-order valence-electron chi connectivity index (χ3n) is 5.60. The molecule has 0 spiro atoms. The monoisotopic (exact) mass is 442 g/mol. The molecule has 0 saturated heterocycles. The normalized spacial score (nSPS) is 14.7. The first-order valence-electron chi connectivity index (χ1n) is 10.5. The number of nitrogens with one attached hydrogen (secondary N) is 1. The first-order chi connectivity index (χ1) is 14.6. The maximum Gasteiger partial charge on any atom is 0.261 e. The molecule has 8 heteroatoms. The average molecular weight is 443 g/mol. The number of benzene rings is 2. The molecule has 1 aromatic heterocycles. The Kier molecular flexibility index (Phi) is 5.60. The van der Waals surface area contributed by atoms with Crippen LogP contribution in [0.5, 0.6) is 0 Å². The summed E-state index contributed by atoms with van der Waals surface area (Å²) >= 11 is 0. The van der Waals surface area contributed by atoms with E-state index >= 15 is 0 Å². The van der Waals surface area contributed by atoms with Crippen molar-refractivity contribution in [3.63, 3.8) is 0 Å². The van der Waals surface area contributed by atoms with Crippen molar-refractivity contribution in [1.82, 2.24) is 14.8 Å². The van der Waals surface area contributed by atoms with Crippen LogP contribution in [0.3, 0.4) is 0 Å². The van der Waals surface area contributed by atoms with Crippen LogP contribution in [0.4, 0.5) is 10.1 Å². The maximum absolute atomic E-state index is 14.7. The second-order valence-corrected chi connectivity index (χ2v) is 10.7. The summed E-state index contributed by atoms with van der Waals surface area (Å²) in [5, 5.41) is 8.42. The Morgan fingerprint density at radius 3 is 2.45 bits per heavy atom. The number of hydrogen-bond acceptors (Lipinski definition) is 4. The first-order valence-corrected chi connectivity index (χ1v) is 12.0. The molecule has 2 aromatic carbocycles. The number of anilines is 1. The van der Waals surface area contributed by atoms with Crippen molar-refractivity contribution in [3.8, 4) is 11.4 Å². The van der Waals surface area contributed by atoms with Gasteiger partial charge in [0.15, 0.2) is 5.82 Å². The highest BCUT2D eigenvalue weighted by atomic mass is 32.2. The molecule has 0 fully saturated rings. The van der Waals surface area contributed by atoms with Gasteiger partial charge in [-0.3, -0.25) is 4.72 Å². The predicted molar refractivity (Wildman–Crippen MR) is 119 cm³/mol. The molecule has 2 heterocycles. The lowest BCUT2D eigenvalue weighted by molar-refractivity contribution is 0.587. The largest absolute Gasteiger partial charge is 0.311 e. The van der Waals surface area contributed by atoms with E-state index in [0.29, 0.717) is 5.82 Å². The van der Waals surface area contributed by atoms with Crippen LogP contribution in [0.1, 0.15) is 51.4 Å². The zero-order valence-electron chi connectivity index (χ0n) is 18.0. The van der Waals surface area contributed by atoms with E-state index in [1.807, 2.05) is 16.7 Å². The maximum atomic E-state index is 14.7. The molecule has 0 aliphatic carbocycles. The van der Waals surface area contributed by atoms with E-state index in [2.05, 4.69) is 35.7 Å². The van der Waals surface area contributed by atoms with Crippen molar-refractivity contribution in [2.24, 2.45) is 0 Å². The average Bonchev–Trinajstić information content (AvgIpc) is 2.96. The Hall–Kier alpha value is -2.74. The summed E-state index contributed by atoms with van der Waals surface area (Å²) in [4.78, 5) is 0.155. The Morgan fingerprint density at radius 1 is 1.00 bits per heavy atom. The zero-order valence-corrected chi connectivity index (χ0v) is 18.8. The fraction of sp³-hybridized carbons (Fsp3) is 0.391. The summed E-state index contributed by atoms with van der Waals surface area (Å²) < 4.78 is 44.9. The topological polar surface area (TPSA) is 76.9 Å². The molecule has 0 radical (unpaired) electrons. The van der Waals surface area contributed by atoms with Gasteiger partial charge in [0.1, 0.15) is 11.6 Å². The minimum absolute atomic E-state index is 0.0716. The summed E-state index contributed by atoms with van der Waals surface area (Å²) in [5.74, 6) is 0.818. The van der Waals surface area contributed by atoms with Crippen LogP contribution in [-0.4, -0.2) is 23.2 Å². The van der Waals surface area contributed by atoms with Crippen LogP contribution in [-0.2, 0) is 28.4 Å². The van der Waals surface area contributed by atoms with Gasteiger partial charge in [0, 0.05) is 18.7 Å². The molecule has 0 unspecified atom stereocenters. The molecular weight excluding hydrogens is 415 g/mol. The predicted octanol–water partition coefficient (Wildman–Crippen LogP) is 4.91. The van der Waals surface area contributed by atoms with Crippen LogP contribution in [0.15, 0.2) is 47.4 Å². The number of aromatic nitrogens is 3. The Balaban J connectivity index is 1.64. The van der Waals surface area contributed by atoms with Gasteiger partial charge in [-0.1, -0.05) is 39.3 Å². The number of fused-ring (bicyclic) bond motifs is 1. The van der Waals surface area contributed by atoms with Crippen LogP contribution in [0, 0.1) is 5.82 Å². The molecule has 1 aliphatic heterocycles. The molecule has 0 saturated carbocycles. The van der Waals surface area contributed by atoms with Crippen LogP contribution >= 0.6 is 0 Å². The summed E-state index contributed by atoms with van der Waals surface area (Å²) in [5.41, 5.74) is 1.49. The number of aryl methyl sites for hydroxylation is 1. The van der Waals surface area contributed by atoms with E-state index in [9.17, 15) is 12.8 Å². The van der Waals surface area contributed by atoms with Crippen molar-refractivity contribution in [2.75, 3.05) is 4.72 Å². The molecule has 164 valence electrons. The minimum atomic E-state index is -3.81. The standard InChI is InChI=1S/C23H27FN4O2S/c1-23(2,3)16-8-11-18(12-9-16)31(29,30)27-17-10-13-20(24)19(15-17)22-26-25-21-7-5-4-6-14-28(21)22/h8-13,15,27H,4-7,14H2,1-3H3. The van der Waals surface area contributed by atoms with Gasteiger partial charge < -0.3 is 4.57 Å². The van der Waals surface area contributed by atoms with E-state index in [4.69, 9.17) is 0 Å². The summed E-state index contributed by atoms with van der Waals surface area (Å²) in [7, 11) is -3.81. The summed E-state index contributed by atoms with van der Waals surface area (Å²) in [6.45, 7) is 6.94. The number of halogens is 1. The van der Waals surface area contributed by atoms with Crippen molar-refractivity contribution in [2.45, 2.75) is 63.3 Å². The molecule has 6 nitrogen and oxygen atoms in total. The van der Waals surface area contributed by atoms with Crippen LogP contribution < -0.4 is 4.72 Å². The van der Waals surface area contributed by atoms with Gasteiger partial charge in [-0.05, 0) is 54.2 Å². The Labute approximate surface area is 182 Å². The molecule has 4 rings (SSSR count). The fourth-order valence-corrected chi connectivity index (χ4v) is 4.84. The van der Waals surface area contributed by atoms with Gasteiger partial charge in [-0.2, -0.15) is 0 Å². The number of rotatable bonds is 4. The lowest BCUT2D eigenvalue weighted by Gasteiger charge is -2.19. The zero-order chi connectivity index (χ0) is 22.2. The highest BCUT2D eigenvalue weighted by molar-refractivity contribution is 7.92. The third kappa shape index (κ3) is 4.49.